The largest absolute Gasteiger partial charge is 0.364 e. The molecular weight excluding hydrogens is 228 g/mol. The standard InChI is InChI=1S/C8H10N6O3/c1-4-10-5(17-14-4)2-3-9-6-7(15)11-8(16)13-12-6/h2-3H2,1H3,(H,9,12)(H2,11,13,15,16). The predicted octanol–water partition coefficient (Wildman–Crippen LogP) is -1.20. The third-order valence-corrected chi connectivity index (χ3v) is 1.91. The van der Waals surface area contributed by atoms with Gasteiger partial charge in [0.25, 0.3) is 5.56 Å². The molecule has 0 saturated heterocycles. The molecule has 2 rings (SSSR count). The summed E-state index contributed by atoms with van der Waals surface area (Å²) in [6.07, 6.45) is 0.459. The van der Waals surface area contributed by atoms with Crippen LogP contribution in [0, 0.1) is 6.92 Å². The number of rotatable bonds is 4. The van der Waals surface area contributed by atoms with Crippen molar-refractivity contribution in [2.24, 2.45) is 0 Å². The normalized spacial score (nSPS) is 10.4. The SMILES string of the molecule is Cc1noc(CCNc2n[nH]c(=O)[nH]c2=O)n1. The van der Waals surface area contributed by atoms with Crippen molar-refractivity contribution in [3.05, 3.63) is 32.6 Å². The number of hydrogen-bond acceptors (Lipinski definition) is 7. The van der Waals surface area contributed by atoms with Crippen molar-refractivity contribution in [2.45, 2.75) is 13.3 Å². The highest BCUT2D eigenvalue weighted by Gasteiger charge is 2.04. The molecule has 9 heteroatoms. The van der Waals surface area contributed by atoms with Crippen LogP contribution < -0.4 is 16.6 Å². The highest BCUT2D eigenvalue weighted by atomic mass is 16.5. The van der Waals surface area contributed by atoms with Crippen molar-refractivity contribution in [3.8, 4) is 0 Å². The first-order chi connectivity index (χ1) is 8.15. The van der Waals surface area contributed by atoms with E-state index in [9.17, 15) is 9.59 Å². The van der Waals surface area contributed by atoms with Gasteiger partial charge in [0, 0.05) is 13.0 Å². The monoisotopic (exact) mass is 238 g/mol. The third kappa shape index (κ3) is 2.77. The summed E-state index contributed by atoms with van der Waals surface area (Å²) < 4.78 is 4.89. The molecule has 3 N–H and O–H groups in total. The molecule has 17 heavy (non-hydrogen) atoms. The van der Waals surface area contributed by atoms with Crippen LogP contribution in [0.25, 0.3) is 0 Å². The first-order valence-corrected chi connectivity index (χ1v) is 4.87. The fraction of sp³-hybridized carbons (Fsp3) is 0.375. The Balaban J connectivity index is 1.94. The Labute approximate surface area is 94.3 Å². The highest BCUT2D eigenvalue weighted by molar-refractivity contribution is 5.28. The van der Waals surface area contributed by atoms with E-state index in [0.717, 1.165) is 0 Å². The second-order valence-corrected chi connectivity index (χ2v) is 3.27. The molecule has 0 aliphatic rings. The Morgan fingerprint density at radius 1 is 1.41 bits per heavy atom. The first-order valence-electron chi connectivity index (χ1n) is 4.87. The highest BCUT2D eigenvalue weighted by Crippen LogP contribution is 1.97. The van der Waals surface area contributed by atoms with Crippen LogP contribution in [-0.2, 0) is 6.42 Å². The van der Waals surface area contributed by atoms with Crippen LogP contribution in [0.5, 0.6) is 0 Å². The molecule has 2 aromatic heterocycles. The van der Waals surface area contributed by atoms with Gasteiger partial charge in [-0.2, -0.15) is 4.98 Å². The van der Waals surface area contributed by atoms with E-state index in [2.05, 4.69) is 25.7 Å². The van der Waals surface area contributed by atoms with Gasteiger partial charge in [-0.15, -0.1) is 5.10 Å². The number of aryl methyl sites for hydroxylation is 1. The van der Waals surface area contributed by atoms with E-state index in [0.29, 0.717) is 24.7 Å². The minimum absolute atomic E-state index is 0.0424. The molecule has 0 aliphatic carbocycles. The molecule has 2 aromatic rings. The lowest BCUT2D eigenvalue weighted by Crippen LogP contribution is -2.27. The molecule has 0 aliphatic heterocycles. The molecule has 0 fully saturated rings. The molecule has 9 nitrogen and oxygen atoms in total. The molecule has 0 saturated carbocycles. The Kier molecular flexibility index (Phi) is 2.99. The lowest BCUT2D eigenvalue weighted by Gasteiger charge is -2.00. The summed E-state index contributed by atoms with van der Waals surface area (Å²) >= 11 is 0. The molecule has 0 radical (unpaired) electrons. The molecule has 0 bridgehead atoms. The number of nitrogens with one attached hydrogen (secondary N) is 3. The van der Waals surface area contributed by atoms with Crippen LogP contribution in [0.2, 0.25) is 0 Å². The van der Waals surface area contributed by atoms with Crippen molar-refractivity contribution in [2.75, 3.05) is 11.9 Å². The van der Waals surface area contributed by atoms with Crippen LogP contribution >= 0.6 is 0 Å². The number of aromatic nitrogens is 5. The Morgan fingerprint density at radius 3 is 2.88 bits per heavy atom. The van der Waals surface area contributed by atoms with Crippen molar-refractivity contribution < 1.29 is 4.52 Å². The second-order valence-electron chi connectivity index (χ2n) is 3.27. The lowest BCUT2D eigenvalue weighted by molar-refractivity contribution is 0.377. The van der Waals surface area contributed by atoms with Crippen molar-refractivity contribution in [3.63, 3.8) is 0 Å². The first kappa shape index (κ1) is 11.0. The zero-order valence-corrected chi connectivity index (χ0v) is 8.98. The van der Waals surface area contributed by atoms with Crippen LogP contribution in [-0.4, -0.2) is 31.9 Å². The molecule has 0 atom stereocenters. The minimum atomic E-state index is -0.645. The van der Waals surface area contributed by atoms with E-state index in [1.54, 1.807) is 6.92 Å². The van der Waals surface area contributed by atoms with Gasteiger partial charge in [-0.3, -0.25) is 9.78 Å². The Bertz CT molecular complexity index is 612. The number of nitrogens with zero attached hydrogens (tertiary/aromatic N) is 3. The van der Waals surface area contributed by atoms with E-state index in [1.807, 2.05) is 4.98 Å². The molecule has 0 aromatic carbocycles. The maximum absolute atomic E-state index is 11.2. The van der Waals surface area contributed by atoms with Gasteiger partial charge < -0.3 is 9.84 Å². The predicted molar refractivity (Wildman–Crippen MR) is 56.7 cm³/mol. The summed E-state index contributed by atoms with van der Waals surface area (Å²) in [6.45, 7) is 2.11. The van der Waals surface area contributed by atoms with E-state index >= 15 is 0 Å². The van der Waals surface area contributed by atoms with Crippen LogP contribution in [0.4, 0.5) is 5.82 Å². The molecule has 0 spiro atoms. The second kappa shape index (κ2) is 4.60. The van der Waals surface area contributed by atoms with Gasteiger partial charge in [0.15, 0.2) is 5.82 Å². The number of anilines is 1. The summed E-state index contributed by atoms with van der Waals surface area (Å²) in [6, 6.07) is 0. The maximum Gasteiger partial charge on any atom is 0.342 e. The number of hydrogen-bond donors (Lipinski definition) is 3. The number of aromatic amines is 2. The average molecular weight is 238 g/mol. The van der Waals surface area contributed by atoms with Gasteiger partial charge in [-0.05, 0) is 6.92 Å². The third-order valence-electron chi connectivity index (χ3n) is 1.91. The zero-order valence-electron chi connectivity index (χ0n) is 8.98. The quantitative estimate of drug-likeness (QED) is 0.610. The molecule has 90 valence electrons. The summed E-state index contributed by atoms with van der Waals surface area (Å²) in [7, 11) is 0. The summed E-state index contributed by atoms with van der Waals surface area (Å²) in [5, 5.41) is 12.0. The molecular formula is C8H10N6O3. The molecule has 2 heterocycles. The average Bonchev–Trinajstić information content (AvgIpc) is 2.68. The Morgan fingerprint density at radius 2 is 2.24 bits per heavy atom. The molecule has 0 unspecified atom stereocenters. The van der Waals surface area contributed by atoms with E-state index in [1.165, 1.54) is 0 Å². The Hall–Kier alpha value is -2.45. The number of H-pyrrole nitrogens is 2. The van der Waals surface area contributed by atoms with Crippen LogP contribution in [0.3, 0.4) is 0 Å². The fourth-order valence-electron chi connectivity index (χ4n) is 1.20. The lowest BCUT2D eigenvalue weighted by atomic mass is 10.4. The summed E-state index contributed by atoms with van der Waals surface area (Å²) in [4.78, 5) is 28.0. The van der Waals surface area contributed by atoms with Gasteiger partial charge in [0.05, 0.1) is 0 Å². The summed E-state index contributed by atoms with van der Waals surface area (Å²) in [5.41, 5.74) is -1.22. The van der Waals surface area contributed by atoms with Crippen molar-refractivity contribution in [1.29, 1.82) is 0 Å². The smallest absolute Gasteiger partial charge is 0.342 e. The molecule has 0 amide bonds. The summed E-state index contributed by atoms with van der Waals surface area (Å²) in [5.74, 6) is 1.07. The van der Waals surface area contributed by atoms with Crippen LogP contribution in [0.1, 0.15) is 11.7 Å². The van der Waals surface area contributed by atoms with Crippen molar-refractivity contribution >= 4 is 5.82 Å². The van der Waals surface area contributed by atoms with Gasteiger partial charge in [0.2, 0.25) is 11.7 Å². The topological polar surface area (TPSA) is 130 Å². The fourth-order valence-corrected chi connectivity index (χ4v) is 1.20. The van der Waals surface area contributed by atoms with E-state index in [-0.39, 0.29) is 5.82 Å². The van der Waals surface area contributed by atoms with Gasteiger partial charge in [-0.25, -0.2) is 9.89 Å². The van der Waals surface area contributed by atoms with Crippen molar-refractivity contribution in [1.82, 2.24) is 25.3 Å². The van der Waals surface area contributed by atoms with Gasteiger partial charge in [-0.1, -0.05) is 5.16 Å². The van der Waals surface area contributed by atoms with Gasteiger partial charge >= 0.3 is 5.69 Å². The van der Waals surface area contributed by atoms with Crippen LogP contribution in [0.15, 0.2) is 14.1 Å². The van der Waals surface area contributed by atoms with Gasteiger partial charge in [0.1, 0.15) is 0 Å². The zero-order chi connectivity index (χ0) is 12.3. The van der Waals surface area contributed by atoms with E-state index in [4.69, 9.17) is 4.52 Å². The maximum atomic E-state index is 11.2. The van der Waals surface area contributed by atoms with E-state index < -0.39 is 11.2 Å². The minimum Gasteiger partial charge on any atom is -0.364 e.